The van der Waals surface area contributed by atoms with E-state index in [-0.39, 0.29) is 60.6 Å². The molecular weight excluding hydrogens is 745 g/mol. The van der Waals surface area contributed by atoms with Gasteiger partial charge in [-0.3, -0.25) is 9.80 Å². The number of carbonyl (C=O) groups is 4. The maximum atomic E-state index is 12.4. The van der Waals surface area contributed by atoms with E-state index >= 15 is 0 Å². The van der Waals surface area contributed by atoms with Gasteiger partial charge in [-0.15, -0.1) is 0 Å². The van der Waals surface area contributed by atoms with Crippen LogP contribution in [0.5, 0.6) is 0 Å². The van der Waals surface area contributed by atoms with Gasteiger partial charge in [-0.2, -0.15) is 0 Å². The first-order valence-electron chi connectivity index (χ1n) is 20.7. The highest BCUT2D eigenvalue weighted by Crippen LogP contribution is 2.33. The van der Waals surface area contributed by atoms with Crippen molar-refractivity contribution in [2.24, 2.45) is 0 Å². The van der Waals surface area contributed by atoms with Gasteiger partial charge >= 0.3 is 24.1 Å². The first kappa shape index (κ1) is 41.9. The Hall–Kier alpha value is -4.24. The number of rotatable bonds is 2. The summed E-state index contributed by atoms with van der Waals surface area (Å²) in [5.41, 5.74) is 4.60. The second kappa shape index (κ2) is 16.8. The van der Waals surface area contributed by atoms with Crippen LogP contribution in [0.4, 0.5) is 9.59 Å². The molecule has 0 N–H and O–H groups in total. The Morgan fingerprint density at radius 1 is 0.603 bits per heavy atom. The van der Waals surface area contributed by atoms with E-state index in [1.807, 2.05) is 79.7 Å². The van der Waals surface area contributed by atoms with E-state index in [0.29, 0.717) is 50.5 Å². The van der Waals surface area contributed by atoms with Crippen LogP contribution in [0, 0.1) is 0 Å². The van der Waals surface area contributed by atoms with E-state index in [1.54, 1.807) is 9.80 Å². The van der Waals surface area contributed by atoms with Gasteiger partial charge in [0.15, 0.2) is 0 Å². The fourth-order valence-electron chi connectivity index (χ4n) is 8.52. The van der Waals surface area contributed by atoms with Crippen LogP contribution in [0.15, 0.2) is 36.4 Å². The summed E-state index contributed by atoms with van der Waals surface area (Å²) < 4.78 is 34.0. The molecule has 2 aromatic rings. The number of fused-ring (bicyclic) bond motifs is 4. The van der Waals surface area contributed by atoms with Crippen LogP contribution in [-0.2, 0) is 41.3 Å². The number of benzene rings is 2. The van der Waals surface area contributed by atoms with Crippen molar-refractivity contribution in [3.8, 4) is 0 Å². The van der Waals surface area contributed by atoms with Crippen molar-refractivity contribution in [2.45, 2.75) is 116 Å². The molecule has 6 heterocycles. The maximum absolute atomic E-state index is 12.4. The van der Waals surface area contributed by atoms with Crippen LogP contribution < -0.4 is 0 Å². The molecule has 6 atom stereocenters. The molecule has 0 saturated carbocycles. The lowest BCUT2D eigenvalue weighted by Gasteiger charge is -2.46. The van der Waals surface area contributed by atoms with Crippen molar-refractivity contribution in [3.63, 3.8) is 0 Å². The highest BCUT2D eigenvalue weighted by atomic mass is 16.6. The standard InChI is InChI=1S/2C22H30N2O5/c2*1-14-9-16-10-15(5-6-18(16)20(25)28-14)19-12-23-7-8-24(11-17(23)13-27-19)21(26)29-22(2,3)4/h2*5-6,10,14,17,19H,7-9,11-13H2,1-4H3/t14-,17+,19+;14-,17+,19-/m11/s1. The molecular formula is C44H60N4O10. The highest BCUT2D eigenvalue weighted by Gasteiger charge is 2.39. The molecule has 14 heteroatoms. The lowest BCUT2D eigenvalue weighted by molar-refractivity contribution is -0.0908. The van der Waals surface area contributed by atoms with Gasteiger partial charge in [0.25, 0.3) is 0 Å². The van der Waals surface area contributed by atoms with Crippen LogP contribution in [0.1, 0.15) is 111 Å². The van der Waals surface area contributed by atoms with Crippen molar-refractivity contribution >= 4 is 24.1 Å². The fraction of sp³-hybridized carbons (Fsp3) is 0.636. The van der Waals surface area contributed by atoms with Crippen molar-refractivity contribution < 1.29 is 47.6 Å². The van der Waals surface area contributed by atoms with Crippen LogP contribution in [-0.4, -0.2) is 145 Å². The number of esters is 2. The molecule has 58 heavy (non-hydrogen) atoms. The molecule has 8 rings (SSSR count). The van der Waals surface area contributed by atoms with Gasteiger partial charge in [-0.25, -0.2) is 19.2 Å². The number of morpholine rings is 2. The second-order valence-electron chi connectivity index (χ2n) is 18.5. The van der Waals surface area contributed by atoms with Gasteiger partial charge in [0, 0.05) is 65.2 Å². The Morgan fingerprint density at radius 3 is 1.38 bits per heavy atom. The predicted octanol–water partition coefficient (Wildman–Crippen LogP) is 5.56. The molecule has 316 valence electrons. The van der Waals surface area contributed by atoms with Gasteiger partial charge in [0.05, 0.1) is 48.6 Å². The molecule has 4 saturated heterocycles. The molecule has 14 nitrogen and oxygen atoms in total. The SMILES string of the molecule is C[C@@H]1Cc2cc([C@@H]3CN4CCN(C(=O)OC(C)(C)C)C[C@H]4CO3)ccc2C(=O)O1.C[C@@H]1Cc2cc([C@H]3CN4CCN(C(=O)OC(C)(C)C)C[C@H]4CO3)ccc2C(=O)O1. The Balaban J connectivity index is 0.000000177. The fourth-order valence-corrected chi connectivity index (χ4v) is 8.52. The highest BCUT2D eigenvalue weighted by molar-refractivity contribution is 5.93. The summed E-state index contributed by atoms with van der Waals surface area (Å²) in [6.07, 6.45) is 0.712. The average molecular weight is 805 g/mol. The molecule has 0 unspecified atom stereocenters. The quantitative estimate of drug-likeness (QED) is 0.278. The first-order chi connectivity index (χ1) is 27.4. The minimum Gasteiger partial charge on any atom is -0.459 e. The molecule has 0 bridgehead atoms. The molecule has 6 aliphatic heterocycles. The van der Waals surface area contributed by atoms with Gasteiger partial charge in [-0.1, -0.05) is 24.3 Å². The van der Waals surface area contributed by atoms with E-state index in [2.05, 4.69) is 21.9 Å². The topological polar surface area (TPSA) is 137 Å². The van der Waals surface area contributed by atoms with Gasteiger partial charge in [0.2, 0.25) is 0 Å². The number of amides is 2. The second-order valence-corrected chi connectivity index (χ2v) is 18.5. The van der Waals surface area contributed by atoms with Gasteiger partial charge < -0.3 is 38.2 Å². The number of ether oxygens (including phenoxy) is 6. The summed E-state index contributed by atoms with van der Waals surface area (Å²) in [5.74, 6) is -0.485. The summed E-state index contributed by atoms with van der Waals surface area (Å²) in [6, 6.07) is 12.2. The Kier molecular flexibility index (Phi) is 12.1. The summed E-state index contributed by atoms with van der Waals surface area (Å²) >= 11 is 0. The number of cyclic esters (lactones) is 2. The van der Waals surface area contributed by atoms with E-state index < -0.39 is 11.2 Å². The maximum Gasteiger partial charge on any atom is 0.410 e. The number of hydrogen-bond acceptors (Lipinski definition) is 12. The van der Waals surface area contributed by atoms with E-state index in [1.165, 1.54) is 0 Å². The smallest absolute Gasteiger partial charge is 0.410 e. The monoisotopic (exact) mass is 804 g/mol. The normalized spacial score (nSPS) is 27.7. The molecule has 6 aliphatic rings. The summed E-state index contributed by atoms with van der Waals surface area (Å²) in [4.78, 5) is 57.2. The molecule has 2 aromatic carbocycles. The zero-order valence-electron chi connectivity index (χ0n) is 35.3. The summed E-state index contributed by atoms with van der Waals surface area (Å²) in [6.45, 7) is 22.0. The minimum absolute atomic E-state index is 0.0297. The van der Waals surface area contributed by atoms with Crippen LogP contribution >= 0.6 is 0 Å². The molecule has 4 fully saturated rings. The summed E-state index contributed by atoms with van der Waals surface area (Å²) in [5, 5.41) is 0. The number of carbonyl (C=O) groups excluding carboxylic acids is 4. The largest absolute Gasteiger partial charge is 0.459 e. The summed E-state index contributed by atoms with van der Waals surface area (Å²) in [7, 11) is 0. The Morgan fingerprint density at radius 2 is 1.00 bits per heavy atom. The zero-order valence-corrected chi connectivity index (χ0v) is 35.3. The predicted molar refractivity (Wildman–Crippen MR) is 214 cm³/mol. The lowest BCUT2D eigenvalue weighted by Crippen LogP contribution is -2.60. The van der Waals surface area contributed by atoms with Crippen LogP contribution in [0.3, 0.4) is 0 Å². The van der Waals surface area contributed by atoms with Crippen molar-refractivity contribution in [1.82, 2.24) is 19.6 Å². The van der Waals surface area contributed by atoms with E-state index in [4.69, 9.17) is 28.4 Å². The minimum atomic E-state index is -0.487. The van der Waals surface area contributed by atoms with Crippen molar-refractivity contribution in [3.05, 3.63) is 69.8 Å². The first-order valence-corrected chi connectivity index (χ1v) is 20.7. The van der Waals surface area contributed by atoms with Crippen LogP contribution in [0.25, 0.3) is 0 Å². The molecule has 0 radical (unpaired) electrons. The third kappa shape index (κ3) is 9.95. The van der Waals surface area contributed by atoms with Gasteiger partial charge in [0.1, 0.15) is 23.4 Å². The number of nitrogens with zero attached hydrogens (tertiary/aromatic N) is 4. The molecule has 0 aliphatic carbocycles. The number of piperazine rings is 2. The Labute approximate surface area is 342 Å². The lowest BCUT2D eigenvalue weighted by atomic mass is 9.94. The molecule has 0 aromatic heterocycles. The zero-order chi connectivity index (χ0) is 41.5. The molecule has 2 amide bonds. The van der Waals surface area contributed by atoms with E-state index in [9.17, 15) is 19.2 Å². The van der Waals surface area contributed by atoms with Gasteiger partial charge in [-0.05, 0) is 89.8 Å². The van der Waals surface area contributed by atoms with Crippen LogP contribution in [0.2, 0.25) is 0 Å². The molecule has 0 spiro atoms. The number of hydrogen-bond donors (Lipinski definition) is 0. The van der Waals surface area contributed by atoms with E-state index in [0.717, 1.165) is 61.3 Å². The Bertz CT molecular complexity index is 1740. The third-order valence-electron chi connectivity index (χ3n) is 11.4. The van der Waals surface area contributed by atoms with Crippen molar-refractivity contribution in [2.75, 3.05) is 65.6 Å². The average Bonchev–Trinajstić information content (AvgIpc) is 3.15. The third-order valence-corrected chi connectivity index (χ3v) is 11.4. The van der Waals surface area contributed by atoms with Crippen molar-refractivity contribution in [1.29, 1.82) is 0 Å².